The van der Waals surface area contributed by atoms with E-state index in [9.17, 15) is 38.4 Å². The number of rotatable bonds is 13. The van der Waals surface area contributed by atoms with Crippen molar-refractivity contribution in [1.29, 1.82) is 0 Å². The molecule has 2 aliphatic rings. The van der Waals surface area contributed by atoms with Crippen molar-refractivity contribution in [1.82, 2.24) is 0 Å². The summed E-state index contributed by atoms with van der Waals surface area (Å²) in [5.74, 6) is -6.05. The molecule has 0 spiro atoms. The van der Waals surface area contributed by atoms with Crippen molar-refractivity contribution < 1.29 is 90.1 Å². The normalized spacial score (nSPS) is 27.2. The van der Waals surface area contributed by atoms with Gasteiger partial charge < -0.3 is 56.5 Å². The predicted molar refractivity (Wildman–Crippen MR) is 181 cm³/mol. The molecule has 0 amide bonds. The average molecular weight is 795 g/mol. The van der Waals surface area contributed by atoms with E-state index in [1.807, 2.05) is 0 Å². The van der Waals surface area contributed by atoms with Gasteiger partial charge in [0.15, 0.2) is 30.7 Å². The van der Waals surface area contributed by atoms with Crippen molar-refractivity contribution in [2.24, 2.45) is 0 Å². The number of carbonyl (C=O) groups is 7. The van der Waals surface area contributed by atoms with Gasteiger partial charge in [-0.05, 0) is 24.6 Å². The first kappa shape index (κ1) is 43.1. The van der Waals surface area contributed by atoms with Gasteiger partial charge in [0.05, 0.1) is 0 Å². The molecule has 0 N–H and O–H groups in total. The first-order valence-corrected chi connectivity index (χ1v) is 17.1. The van der Waals surface area contributed by atoms with Crippen LogP contribution in [-0.4, -0.2) is 116 Å². The summed E-state index contributed by atoms with van der Waals surface area (Å²) in [7, 11) is 0. The van der Waals surface area contributed by atoms with Gasteiger partial charge in [0.25, 0.3) is 0 Å². The van der Waals surface area contributed by atoms with Gasteiger partial charge in [-0.3, -0.25) is 33.6 Å². The van der Waals surface area contributed by atoms with E-state index in [-0.39, 0.29) is 11.3 Å². The van der Waals surface area contributed by atoms with Crippen molar-refractivity contribution in [3.8, 4) is 5.75 Å². The lowest BCUT2D eigenvalue weighted by Crippen LogP contribution is -2.67. The first-order valence-electron chi connectivity index (χ1n) is 17.1. The van der Waals surface area contributed by atoms with Crippen LogP contribution in [0.25, 0.3) is 11.0 Å². The van der Waals surface area contributed by atoms with E-state index >= 15 is 0 Å². The van der Waals surface area contributed by atoms with Crippen molar-refractivity contribution >= 4 is 52.8 Å². The summed E-state index contributed by atoms with van der Waals surface area (Å²) in [6.45, 7) is 7.86. The van der Waals surface area contributed by atoms with Gasteiger partial charge in [0, 0.05) is 66.0 Å². The molecule has 2 aromatic rings. The molecule has 0 aliphatic carbocycles. The Morgan fingerprint density at radius 2 is 1.00 bits per heavy atom. The van der Waals surface area contributed by atoms with Gasteiger partial charge >= 0.3 is 47.4 Å². The van der Waals surface area contributed by atoms with E-state index in [0.29, 0.717) is 10.9 Å². The Kier molecular flexibility index (Phi) is 14.5. The van der Waals surface area contributed by atoms with Gasteiger partial charge in [0.1, 0.15) is 42.9 Å². The smallest absolute Gasteiger partial charge is 0.336 e. The Morgan fingerprint density at radius 1 is 0.554 bits per heavy atom. The van der Waals surface area contributed by atoms with E-state index in [1.165, 1.54) is 18.2 Å². The predicted octanol–water partition coefficient (Wildman–Crippen LogP) is 1.10. The number of hydrogen-bond donors (Lipinski definition) is 0. The number of aryl methyl sites for hydroxylation is 1. The monoisotopic (exact) mass is 794 g/mol. The maximum Gasteiger partial charge on any atom is 0.336 e. The first-order chi connectivity index (χ1) is 26.3. The third-order valence-corrected chi connectivity index (χ3v) is 8.06. The van der Waals surface area contributed by atoms with E-state index in [1.54, 1.807) is 13.0 Å². The molecule has 1 aromatic carbocycles. The van der Waals surface area contributed by atoms with Gasteiger partial charge in [-0.1, -0.05) is 0 Å². The second kappa shape index (κ2) is 18.8. The molecule has 2 aliphatic heterocycles. The topological polar surface area (TPSA) is 251 Å². The number of ether oxygens (including phenoxy) is 11. The Bertz CT molecular complexity index is 1870. The van der Waals surface area contributed by atoms with Crippen molar-refractivity contribution in [2.75, 3.05) is 13.2 Å². The zero-order chi connectivity index (χ0) is 41.4. The van der Waals surface area contributed by atoms with Gasteiger partial charge in [0.2, 0.25) is 12.4 Å². The van der Waals surface area contributed by atoms with Crippen LogP contribution >= 0.6 is 0 Å². The van der Waals surface area contributed by atoms with Crippen LogP contribution in [0.4, 0.5) is 0 Å². The molecule has 1 aromatic heterocycles. The molecule has 20 heteroatoms. The summed E-state index contributed by atoms with van der Waals surface area (Å²) < 4.78 is 68.0. The highest BCUT2D eigenvalue weighted by molar-refractivity contribution is 5.81. The standard InChI is InChI=1S/C36H42O20/c1-15-11-28(44)53-25-12-23(9-10-24(15)25)52-35-33(50-21(7)42)32(49-20(6)41)30(27(54-35)14-46-17(3)38)56-36-34(51-22(8)43)31(48-19(5)40)29(47-18(4)39)26(55-36)13-45-16(2)37/h9-12,26-27,29-36H,13-14H2,1-8H3/t26-,27-,29-,30-,31+,32+,33-,34-,35-,36+/m1/s1. The molecule has 10 atom stereocenters. The second-order valence-corrected chi connectivity index (χ2v) is 12.7. The lowest BCUT2D eigenvalue weighted by molar-refractivity contribution is -0.354. The van der Waals surface area contributed by atoms with Crippen molar-refractivity contribution in [3.05, 3.63) is 40.2 Å². The maximum atomic E-state index is 12.7. The van der Waals surface area contributed by atoms with E-state index in [2.05, 4.69) is 0 Å². The molecular formula is C36H42O20. The van der Waals surface area contributed by atoms with Crippen LogP contribution < -0.4 is 10.4 Å². The Labute approximate surface area is 318 Å². The molecule has 20 nitrogen and oxygen atoms in total. The highest BCUT2D eigenvalue weighted by atomic mass is 16.8. The Balaban J connectivity index is 1.83. The summed E-state index contributed by atoms with van der Waals surface area (Å²) in [5.41, 5.74) is 0.135. The summed E-state index contributed by atoms with van der Waals surface area (Å²) >= 11 is 0. The number of carbonyl (C=O) groups excluding carboxylic acids is 7. The van der Waals surface area contributed by atoms with E-state index < -0.39 is 122 Å². The van der Waals surface area contributed by atoms with Crippen molar-refractivity contribution in [2.45, 2.75) is 117 Å². The Hall–Kier alpha value is -5.60. The highest BCUT2D eigenvalue weighted by Crippen LogP contribution is 2.36. The minimum Gasteiger partial charge on any atom is -0.463 e. The van der Waals surface area contributed by atoms with Gasteiger partial charge in [-0.2, -0.15) is 0 Å². The van der Waals surface area contributed by atoms with Crippen LogP contribution in [0.15, 0.2) is 33.5 Å². The summed E-state index contributed by atoms with van der Waals surface area (Å²) in [4.78, 5) is 98.3. The molecule has 2 saturated heterocycles. The molecule has 306 valence electrons. The lowest BCUT2D eigenvalue weighted by Gasteiger charge is -2.48. The molecule has 0 unspecified atom stereocenters. The van der Waals surface area contributed by atoms with Crippen LogP contribution in [0.1, 0.15) is 54.0 Å². The highest BCUT2D eigenvalue weighted by Gasteiger charge is 2.58. The second-order valence-electron chi connectivity index (χ2n) is 12.7. The zero-order valence-corrected chi connectivity index (χ0v) is 31.7. The minimum atomic E-state index is -1.84. The summed E-state index contributed by atoms with van der Waals surface area (Å²) in [5, 5.41) is 0.585. The zero-order valence-electron chi connectivity index (χ0n) is 31.7. The third kappa shape index (κ3) is 11.5. The number of benzene rings is 1. The third-order valence-electron chi connectivity index (χ3n) is 8.06. The SMILES string of the molecule is CC(=O)OC[C@H]1O[C@@H](O[C@H]2[C@H](OC(C)=O)[C@@H](OC(C)=O)[C@H](Oc3ccc4c(C)cc(=O)oc4c3)O[C@@H]2COC(C)=O)[C@H](OC(C)=O)[C@@H](OC(C)=O)[C@@H]1OC(C)=O. The molecule has 2 fully saturated rings. The fraction of sp³-hybridized carbons (Fsp3) is 0.556. The lowest BCUT2D eigenvalue weighted by atomic mass is 9.96. The molecule has 0 radical (unpaired) electrons. The summed E-state index contributed by atoms with van der Waals surface area (Å²) in [6.07, 6.45) is -16.3. The molecular weight excluding hydrogens is 752 g/mol. The van der Waals surface area contributed by atoms with Gasteiger partial charge in [-0.25, -0.2) is 4.79 Å². The fourth-order valence-electron chi connectivity index (χ4n) is 6.08. The molecule has 0 saturated carbocycles. The molecule has 56 heavy (non-hydrogen) atoms. The fourth-order valence-corrected chi connectivity index (χ4v) is 6.08. The quantitative estimate of drug-likeness (QED) is 0.156. The van der Waals surface area contributed by atoms with Crippen molar-refractivity contribution in [3.63, 3.8) is 0 Å². The van der Waals surface area contributed by atoms with E-state index in [4.69, 9.17) is 56.5 Å². The van der Waals surface area contributed by atoms with Crippen LogP contribution in [0, 0.1) is 6.92 Å². The Morgan fingerprint density at radius 3 is 1.52 bits per heavy atom. The van der Waals surface area contributed by atoms with Gasteiger partial charge in [-0.15, -0.1) is 0 Å². The largest absolute Gasteiger partial charge is 0.463 e. The van der Waals surface area contributed by atoms with Crippen LogP contribution in [0.5, 0.6) is 5.75 Å². The number of fused-ring (bicyclic) bond motifs is 1. The van der Waals surface area contributed by atoms with Crippen LogP contribution in [0.3, 0.4) is 0 Å². The number of hydrogen-bond acceptors (Lipinski definition) is 20. The average Bonchev–Trinajstić information content (AvgIpc) is 3.06. The number of esters is 7. The minimum absolute atomic E-state index is 0.0418. The summed E-state index contributed by atoms with van der Waals surface area (Å²) in [6, 6.07) is 5.78. The van der Waals surface area contributed by atoms with Crippen LogP contribution in [-0.2, 0) is 80.9 Å². The van der Waals surface area contributed by atoms with E-state index in [0.717, 1.165) is 48.5 Å². The molecule has 3 heterocycles. The van der Waals surface area contributed by atoms with Crippen LogP contribution in [0.2, 0.25) is 0 Å². The maximum absolute atomic E-state index is 12.7. The molecule has 0 bridgehead atoms. The molecule has 4 rings (SSSR count).